The Kier molecular flexibility index (Phi) is 6.36. The van der Waals surface area contributed by atoms with E-state index in [0.717, 1.165) is 11.6 Å². The second-order valence-electron chi connectivity index (χ2n) is 7.27. The third-order valence-electron chi connectivity index (χ3n) is 5.10. The van der Waals surface area contributed by atoms with Crippen molar-refractivity contribution in [3.63, 3.8) is 0 Å². The fourth-order valence-electron chi connectivity index (χ4n) is 3.45. The van der Waals surface area contributed by atoms with E-state index in [1.807, 2.05) is 23.1 Å². The number of ether oxygens (including phenoxy) is 1. The normalized spacial score (nSPS) is 14.8. The van der Waals surface area contributed by atoms with Crippen molar-refractivity contribution in [2.75, 3.05) is 31.2 Å². The van der Waals surface area contributed by atoms with Gasteiger partial charge in [-0.2, -0.15) is 13.2 Å². The molecule has 1 aromatic heterocycles. The number of carbonyl (C=O) groups excluding carboxylic acids is 1. The predicted molar refractivity (Wildman–Crippen MR) is 115 cm³/mol. The number of carbonyl (C=O) groups is 1. The van der Waals surface area contributed by atoms with Gasteiger partial charge < -0.3 is 15.0 Å². The third kappa shape index (κ3) is 5.23. The molecule has 0 unspecified atom stereocenters. The molecule has 0 saturated carbocycles. The minimum atomic E-state index is -4.53. The van der Waals surface area contributed by atoms with Crippen molar-refractivity contribution in [1.82, 2.24) is 15.3 Å². The molecule has 3 aromatic rings. The molecule has 0 aliphatic carbocycles. The summed E-state index contributed by atoms with van der Waals surface area (Å²) in [6.45, 7) is 1.79. The molecular weight excluding hydrogens is 421 g/mol. The number of nitrogens with zero attached hydrogens (tertiary/aromatic N) is 3. The summed E-state index contributed by atoms with van der Waals surface area (Å²) in [6, 6.07) is 11.5. The molecule has 4 rings (SSSR count). The molecule has 6 nitrogen and oxygen atoms in total. The zero-order chi connectivity index (χ0) is 22.6. The van der Waals surface area contributed by atoms with Gasteiger partial charge in [0.1, 0.15) is 0 Å². The summed E-state index contributed by atoms with van der Waals surface area (Å²) < 4.78 is 46.2. The summed E-state index contributed by atoms with van der Waals surface area (Å²) in [5.74, 6) is -0.523. The third-order valence-corrected chi connectivity index (χ3v) is 5.10. The Morgan fingerprint density at radius 2 is 1.88 bits per heavy atom. The molecule has 166 valence electrons. The van der Waals surface area contributed by atoms with E-state index in [1.165, 1.54) is 24.4 Å². The first-order valence-electron chi connectivity index (χ1n) is 10.1. The van der Waals surface area contributed by atoms with Crippen LogP contribution in [0, 0.1) is 0 Å². The molecule has 1 aliphatic rings. The highest BCUT2D eigenvalue weighted by Crippen LogP contribution is 2.35. The summed E-state index contributed by atoms with van der Waals surface area (Å²) in [5, 5.41) is 2.51. The molecule has 1 saturated heterocycles. The van der Waals surface area contributed by atoms with E-state index in [2.05, 4.69) is 15.3 Å². The van der Waals surface area contributed by atoms with E-state index in [9.17, 15) is 18.0 Å². The molecule has 9 heteroatoms. The lowest BCUT2D eigenvalue weighted by molar-refractivity contribution is -0.138. The minimum Gasteiger partial charge on any atom is -0.378 e. The molecule has 1 aliphatic heterocycles. The van der Waals surface area contributed by atoms with E-state index in [1.54, 1.807) is 12.1 Å². The lowest BCUT2D eigenvalue weighted by Crippen LogP contribution is -2.36. The van der Waals surface area contributed by atoms with E-state index < -0.39 is 17.6 Å². The van der Waals surface area contributed by atoms with Crippen LogP contribution in [0.15, 0.2) is 54.7 Å². The van der Waals surface area contributed by atoms with Crippen molar-refractivity contribution in [3.8, 4) is 0 Å². The number of para-hydroxylation sites is 2. The number of halogens is 3. The molecule has 32 heavy (non-hydrogen) atoms. The number of benzene rings is 2. The molecule has 0 bridgehead atoms. The number of nitrogens with one attached hydrogen (secondary N) is 1. The van der Waals surface area contributed by atoms with Crippen molar-refractivity contribution >= 4 is 28.7 Å². The first kappa shape index (κ1) is 21.8. The SMILES string of the molecule is O=C(C=Cc1cnc2ccccc2n1)NCc1ccc(N2CCOCC2)cc1C(F)(F)F. The van der Waals surface area contributed by atoms with Crippen LogP contribution in [0.2, 0.25) is 0 Å². The predicted octanol–water partition coefficient (Wildman–Crippen LogP) is 3.81. The van der Waals surface area contributed by atoms with E-state index >= 15 is 0 Å². The largest absolute Gasteiger partial charge is 0.416 e. The minimum absolute atomic E-state index is 0.00163. The lowest BCUT2D eigenvalue weighted by atomic mass is 10.0. The van der Waals surface area contributed by atoms with Gasteiger partial charge >= 0.3 is 6.18 Å². The molecule has 2 heterocycles. The topological polar surface area (TPSA) is 67.4 Å². The zero-order valence-corrected chi connectivity index (χ0v) is 17.1. The Labute approximate surface area is 182 Å². The van der Waals surface area contributed by atoms with Crippen LogP contribution in [-0.2, 0) is 22.3 Å². The number of fused-ring (bicyclic) bond motifs is 1. The van der Waals surface area contributed by atoms with Gasteiger partial charge in [-0.15, -0.1) is 0 Å². The Balaban J connectivity index is 1.44. The van der Waals surface area contributed by atoms with E-state index in [4.69, 9.17) is 4.74 Å². The van der Waals surface area contributed by atoms with Crippen LogP contribution in [0.1, 0.15) is 16.8 Å². The lowest BCUT2D eigenvalue weighted by Gasteiger charge is -2.29. The number of amides is 1. The van der Waals surface area contributed by atoms with Crippen LogP contribution in [0.5, 0.6) is 0 Å². The standard InChI is InChI=1S/C23H21F3N4O2/c24-23(25,26)19-13-18(30-9-11-32-12-10-30)7-5-16(19)14-28-22(31)8-6-17-15-27-20-3-1-2-4-21(20)29-17/h1-8,13,15H,9-12,14H2,(H,28,31). The second-order valence-corrected chi connectivity index (χ2v) is 7.27. The number of alkyl halides is 3. The highest BCUT2D eigenvalue weighted by molar-refractivity contribution is 5.91. The zero-order valence-electron chi connectivity index (χ0n) is 17.1. The number of hydrogen-bond donors (Lipinski definition) is 1. The van der Waals surface area contributed by atoms with Gasteiger partial charge in [-0.1, -0.05) is 18.2 Å². The van der Waals surface area contributed by atoms with Crippen LogP contribution in [0.25, 0.3) is 17.1 Å². The van der Waals surface area contributed by atoms with Gasteiger partial charge in [0.15, 0.2) is 0 Å². The van der Waals surface area contributed by atoms with Crippen molar-refractivity contribution in [3.05, 3.63) is 71.6 Å². The second kappa shape index (κ2) is 9.35. The Bertz CT molecular complexity index is 1140. The Morgan fingerprint density at radius 3 is 2.62 bits per heavy atom. The summed E-state index contributed by atoms with van der Waals surface area (Å²) in [6.07, 6.45) is -0.299. The summed E-state index contributed by atoms with van der Waals surface area (Å²) >= 11 is 0. The molecule has 1 fully saturated rings. The average molecular weight is 442 g/mol. The highest BCUT2D eigenvalue weighted by atomic mass is 19.4. The summed E-state index contributed by atoms with van der Waals surface area (Å²) in [5.41, 5.74) is 1.63. The Morgan fingerprint density at radius 1 is 1.12 bits per heavy atom. The highest BCUT2D eigenvalue weighted by Gasteiger charge is 2.34. The first-order chi connectivity index (χ1) is 15.4. The number of rotatable bonds is 5. The number of morpholine rings is 1. The number of anilines is 1. The quantitative estimate of drug-likeness (QED) is 0.609. The van der Waals surface area contributed by atoms with Gasteiger partial charge in [0.25, 0.3) is 0 Å². The molecule has 1 amide bonds. The number of hydrogen-bond acceptors (Lipinski definition) is 5. The van der Waals surface area contributed by atoms with Crippen molar-refractivity contribution in [2.24, 2.45) is 0 Å². The Hall–Kier alpha value is -3.46. The maximum absolute atomic E-state index is 13.6. The van der Waals surface area contributed by atoms with Crippen LogP contribution in [0.3, 0.4) is 0 Å². The average Bonchev–Trinajstić information content (AvgIpc) is 2.81. The van der Waals surface area contributed by atoms with Crippen LogP contribution in [0.4, 0.5) is 18.9 Å². The monoisotopic (exact) mass is 442 g/mol. The van der Waals surface area contributed by atoms with Crippen LogP contribution >= 0.6 is 0 Å². The molecule has 0 atom stereocenters. The van der Waals surface area contributed by atoms with Crippen LogP contribution < -0.4 is 10.2 Å². The summed E-state index contributed by atoms with van der Waals surface area (Å²) in [4.78, 5) is 22.7. The van der Waals surface area contributed by atoms with E-state index in [-0.39, 0.29) is 12.1 Å². The van der Waals surface area contributed by atoms with E-state index in [0.29, 0.717) is 43.2 Å². The van der Waals surface area contributed by atoms with Gasteiger partial charge in [-0.25, -0.2) is 4.98 Å². The van der Waals surface area contributed by atoms with Crippen molar-refractivity contribution in [2.45, 2.75) is 12.7 Å². The molecule has 1 N–H and O–H groups in total. The van der Waals surface area contributed by atoms with Gasteiger partial charge in [-0.3, -0.25) is 9.78 Å². The van der Waals surface area contributed by atoms with Crippen molar-refractivity contribution in [1.29, 1.82) is 0 Å². The smallest absolute Gasteiger partial charge is 0.378 e. The van der Waals surface area contributed by atoms with Crippen molar-refractivity contribution < 1.29 is 22.7 Å². The molecule has 0 spiro atoms. The fourth-order valence-corrected chi connectivity index (χ4v) is 3.45. The van der Waals surface area contributed by atoms with Gasteiger partial charge in [0.2, 0.25) is 5.91 Å². The van der Waals surface area contributed by atoms with Gasteiger partial charge in [0, 0.05) is 31.4 Å². The van der Waals surface area contributed by atoms with Crippen LogP contribution in [-0.4, -0.2) is 42.2 Å². The molecular formula is C23H21F3N4O2. The first-order valence-corrected chi connectivity index (χ1v) is 10.1. The summed E-state index contributed by atoms with van der Waals surface area (Å²) in [7, 11) is 0. The maximum atomic E-state index is 13.6. The fraction of sp³-hybridized carbons (Fsp3) is 0.261. The van der Waals surface area contributed by atoms with Gasteiger partial charge in [-0.05, 0) is 35.9 Å². The maximum Gasteiger partial charge on any atom is 0.416 e. The molecule has 2 aromatic carbocycles. The number of aromatic nitrogens is 2. The van der Waals surface area contributed by atoms with Gasteiger partial charge in [0.05, 0.1) is 41.7 Å². The molecule has 0 radical (unpaired) electrons.